The predicted molar refractivity (Wildman–Crippen MR) is 92.4 cm³/mol. The number of rotatable bonds is 6. The molecule has 0 aromatic rings. The largest absolute Gasteiger partial charge is 0.272 e. The van der Waals surface area contributed by atoms with E-state index in [9.17, 15) is 0 Å². The second-order valence-electron chi connectivity index (χ2n) is 4.51. The fourth-order valence-corrected chi connectivity index (χ4v) is 4.36. The van der Waals surface area contributed by atoms with Gasteiger partial charge in [-0.05, 0) is 38.0 Å². The summed E-state index contributed by atoms with van der Waals surface area (Å²) < 4.78 is 4.97. The molecule has 1 aliphatic carbocycles. The quantitative estimate of drug-likeness (QED) is 0.312. The van der Waals surface area contributed by atoms with E-state index in [2.05, 4.69) is 58.6 Å². The summed E-state index contributed by atoms with van der Waals surface area (Å²) in [6.45, 7) is 12.5. The van der Waals surface area contributed by atoms with Crippen molar-refractivity contribution in [2.45, 2.75) is 40.5 Å². The first-order chi connectivity index (χ1) is 9.17. The third-order valence-electron chi connectivity index (χ3n) is 3.37. The maximum absolute atomic E-state index is 4.97. The molecule has 0 saturated carbocycles. The van der Waals surface area contributed by atoms with Crippen molar-refractivity contribution < 1.29 is 21.7 Å². The fourth-order valence-electron chi connectivity index (χ4n) is 1.90. The molecule has 1 nitrogen and oxygen atoms in total. The fraction of sp³-hybridized carbons (Fsp3) is 0.529. The van der Waals surface area contributed by atoms with Crippen molar-refractivity contribution in [2.24, 2.45) is 4.74 Å². The van der Waals surface area contributed by atoms with Crippen molar-refractivity contribution in [1.29, 1.82) is 0 Å². The van der Waals surface area contributed by atoms with Crippen LogP contribution < -0.4 is 0 Å². The van der Waals surface area contributed by atoms with E-state index in [-0.39, 0.29) is 21.7 Å². The normalized spacial score (nSPS) is 13.3. The number of hydrogen-bond acceptors (Lipinski definition) is 1. The van der Waals surface area contributed by atoms with Gasteiger partial charge in [-0.3, -0.25) is 4.74 Å². The molecule has 1 rings (SSSR count). The summed E-state index contributed by atoms with van der Waals surface area (Å²) >= 11 is 0. The molecule has 1 aliphatic rings. The minimum absolute atomic E-state index is 0. The molecule has 0 aromatic heterocycles. The first-order valence-electron chi connectivity index (χ1n) is 7.40. The third kappa shape index (κ3) is 8.95. The van der Waals surface area contributed by atoms with Crippen LogP contribution >= 0.6 is 7.05 Å². The molecular formula is C17H30NPTi. The van der Waals surface area contributed by atoms with E-state index in [4.69, 9.17) is 4.74 Å². The first kappa shape index (κ1) is 22.2. The third-order valence-corrected chi connectivity index (χ3v) is 7.58. The summed E-state index contributed by atoms with van der Waals surface area (Å²) in [4.78, 5) is 0. The van der Waals surface area contributed by atoms with Gasteiger partial charge in [0.15, 0.2) is 0 Å². The predicted octanol–water partition coefficient (Wildman–Crippen LogP) is 6.23. The number of nitrogens with zero attached hydrogens (tertiary/aromatic N) is 1. The molecule has 3 heteroatoms. The van der Waals surface area contributed by atoms with Gasteiger partial charge in [-0.25, -0.2) is 0 Å². The van der Waals surface area contributed by atoms with E-state index in [1.165, 1.54) is 24.2 Å². The second-order valence-corrected chi connectivity index (χ2v) is 8.79. The van der Waals surface area contributed by atoms with Crippen LogP contribution in [0.25, 0.3) is 0 Å². The topological polar surface area (TPSA) is 12.4 Å². The van der Waals surface area contributed by atoms with Crippen molar-refractivity contribution in [1.82, 2.24) is 0 Å². The Hall–Kier alpha value is -0.0957. The summed E-state index contributed by atoms with van der Waals surface area (Å²) in [7, 11) is -0.971. The smallest absolute Gasteiger partial charge is 0.0425 e. The molecular weight excluding hydrogens is 297 g/mol. The van der Waals surface area contributed by atoms with Crippen LogP contribution in [0.2, 0.25) is 0 Å². The number of allylic oxidation sites excluding steroid dienone is 6. The van der Waals surface area contributed by atoms with Crippen LogP contribution in [0.15, 0.2) is 53.5 Å². The van der Waals surface area contributed by atoms with Crippen LogP contribution in [0.1, 0.15) is 40.5 Å². The van der Waals surface area contributed by atoms with Crippen molar-refractivity contribution in [3.8, 4) is 0 Å². The monoisotopic (exact) mass is 327 g/mol. The molecule has 0 bridgehead atoms. The molecule has 0 aliphatic heterocycles. The molecule has 0 heterocycles. The molecule has 0 aromatic carbocycles. The van der Waals surface area contributed by atoms with Crippen LogP contribution in [-0.2, 0) is 21.7 Å². The molecule has 0 saturated heterocycles. The number of hydrogen-bond donors (Lipinski definition) is 0. The van der Waals surface area contributed by atoms with Crippen LogP contribution in [0, 0.1) is 0 Å². The maximum Gasteiger partial charge on any atom is 0.0425 e. The van der Waals surface area contributed by atoms with Gasteiger partial charge in [-0.1, -0.05) is 64.7 Å². The van der Waals surface area contributed by atoms with Gasteiger partial charge in [0.1, 0.15) is 0 Å². The summed E-state index contributed by atoms with van der Waals surface area (Å²) in [5.41, 5.74) is 1.30. The maximum atomic E-state index is 4.97. The molecule has 0 unspecified atom stereocenters. The van der Waals surface area contributed by atoms with Gasteiger partial charge in [0.25, 0.3) is 0 Å². The standard InChI is InChI=1S/C11H20NP.C6H10.Ti/c1-4-13(5-2,6-3)12-11-9-7-8-10-11;1-3-5-6-4-2;/h7-9H,4-6,10H2,1-3H3;3,5-6H,1,4H2,2H3;. The van der Waals surface area contributed by atoms with E-state index in [1.807, 2.05) is 6.08 Å². The molecule has 112 valence electrons. The van der Waals surface area contributed by atoms with Gasteiger partial charge in [0, 0.05) is 33.8 Å². The molecule has 0 amide bonds. The summed E-state index contributed by atoms with van der Waals surface area (Å²) in [5, 5.41) is 0. The zero-order chi connectivity index (χ0) is 14.6. The van der Waals surface area contributed by atoms with Crippen molar-refractivity contribution in [2.75, 3.05) is 18.5 Å². The SMILES string of the molecule is C=CC=CCC.CCP(CC)(CC)=NC1=CC=CC1.[Ti]. The molecule has 20 heavy (non-hydrogen) atoms. The zero-order valence-electron chi connectivity index (χ0n) is 13.6. The van der Waals surface area contributed by atoms with Crippen LogP contribution in [0.3, 0.4) is 0 Å². The van der Waals surface area contributed by atoms with Gasteiger partial charge < -0.3 is 0 Å². The average molecular weight is 327 g/mol. The van der Waals surface area contributed by atoms with Crippen molar-refractivity contribution >= 4 is 7.05 Å². The van der Waals surface area contributed by atoms with Gasteiger partial charge in [0.05, 0.1) is 0 Å². The van der Waals surface area contributed by atoms with E-state index in [1.54, 1.807) is 6.08 Å². The first-order valence-corrected chi connectivity index (χ1v) is 9.70. The van der Waals surface area contributed by atoms with E-state index >= 15 is 0 Å². The van der Waals surface area contributed by atoms with E-state index < -0.39 is 7.05 Å². The Balaban J connectivity index is 0. The van der Waals surface area contributed by atoms with Gasteiger partial charge in [-0.2, -0.15) is 0 Å². The minimum atomic E-state index is -0.971. The zero-order valence-corrected chi connectivity index (χ0v) is 16.1. The van der Waals surface area contributed by atoms with Crippen molar-refractivity contribution in [3.63, 3.8) is 0 Å². The van der Waals surface area contributed by atoms with Crippen LogP contribution in [-0.4, -0.2) is 18.5 Å². The van der Waals surface area contributed by atoms with Gasteiger partial charge in [-0.15, -0.1) is 0 Å². The minimum Gasteiger partial charge on any atom is -0.272 e. The van der Waals surface area contributed by atoms with Crippen LogP contribution in [0.5, 0.6) is 0 Å². The molecule has 0 radical (unpaired) electrons. The Kier molecular flexibility index (Phi) is 15.4. The Bertz CT molecular complexity index is 373. The van der Waals surface area contributed by atoms with Gasteiger partial charge >= 0.3 is 0 Å². The Morgan fingerprint density at radius 2 is 1.80 bits per heavy atom. The molecule has 0 N–H and O–H groups in total. The van der Waals surface area contributed by atoms with E-state index in [0.717, 1.165) is 12.8 Å². The Morgan fingerprint density at radius 3 is 2.10 bits per heavy atom. The molecule has 0 spiro atoms. The average Bonchev–Trinajstić information content (AvgIpc) is 2.96. The second kappa shape index (κ2) is 13.9. The van der Waals surface area contributed by atoms with Crippen LogP contribution in [0.4, 0.5) is 0 Å². The van der Waals surface area contributed by atoms with Crippen molar-refractivity contribution in [3.05, 3.63) is 48.7 Å². The summed E-state index contributed by atoms with van der Waals surface area (Å²) in [6, 6.07) is 0. The molecule has 0 fully saturated rings. The van der Waals surface area contributed by atoms with Gasteiger partial charge in [0.2, 0.25) is 0 Å². The van der Waals surface area contributed by atoms with E-state index in [0.29, 0.717) is 0 Å². The summed E-state index contributed by atoms with van der Waals surface area (Å²) in [6.07, 6.45) is 18.2. The Morgan fingerprint density at radius 1 is 1.20 bits per heavy atom. The summed E-state index contributed by atoms with van der Waals surface area (Å²) in [5.74, 6) is 0. The molecule has 0 atom stereocenters. The Labute approximate surface area is 141 Å².